The summed E-state index contributed by atoms with van der Waals surface area (Å²) in [6.07, 6.45) is 4.54. The van der Waals surface area contributed by atoms with E-state index in [2.05, 4.69) is 26.7 Å². The average molecular weight is 456 g/mol. The number of methoxy groups -OCH3 is 2. The summed E-state index contributed by atoms with van der Waals surface area (Å²) in [5.74, 6) is 2.30. The van der Waals surface area contributed by atoms with Crippen LogP contribution in [0, 0.1) is 0 Å². The molecular weight excluding hydrogens is 431 g/mol. The van der Waals surface area contributed by atoms with Gasteiger partial charge < -0.3 is 20.1 Å². The molecule has 0 radical (unpaired) electrons. The quantitative estimate of drug-likeness (QED) is 0.381. The van der Waals surface area contributed by atoms with Crippen molar-refractivity contribution in [2.75, 3.05) is 27.8 Å². The number of hydrogen-bond donors (Lipinski definition) is 2. The first kappa shape index (κ1) is 21.0. The fourth-order valence-electron chi connectivity index (χ4n) is 2.27. The first-order chi connectivity index (χ1) is 11.8. The van der Waals surface area contributed by atoms with Crippen LogP contribution in [0.4, 0.5) is 0 Å². The maximum Gasteiger partial charge on any atom is 0.191 e. The van der Waals surface area contributed by atoms with Crippen LogP contribution >= 0.6 is 24.0 Å². The summed E-state index contributed by atoms with van der Waals surface area (Å²) in [5.41, 5.74) is 2.23. The first-order valence-corrected chi connectivity index (χ1v) is 7.81. The number of halogens is 1. The summed E-state index contributed by atoms with van der Waals surface area (Å²) in [6.45, 7) is 1.39. The third-order valence-corrected chi connectivity index (χ3v) is 3.59. The summed E-state index contributed by atoms with van der Waals surface area (Å²) in [6, 6.07) is 9.77. The van der Waals surface area contributed by atoms with Crippen molar-refractivity contribution < 1.29 is 9.47 Å². The highest BCUT2D eigenvalue weighted by Gasteiger charge is 2.06. The molecule has 1 aromatic heterocycles. The highest BCUT2D eigenvalue weighted by atomic mass is 127. The van der Waals surface area contributed by atoms with E-state index < -0.39 is 0 Å². The Labute approximate surface area is 166 Å². The lowest BCUT2D eigenvalue weighted by molar-refractivity contribution is 0.390. The Hall–Kier alpha value is -2.03. The molecule has 0 aliphatic carbocycles. The fourth-order valence-corrected chi connectivity index (χ4v) is 2.27. The molecule has 6 nitrogen and oxygen atoms in total. The van der Waals surface area contributed by atoms with E-state index in [1.807, 2.05) is 30.5 Å². The Morgan fingerprint density at radius 3 is 2.64 bits per heavy atom. The highest BCUT2D eigenvalue weighted by molar-refractivity contribution is 14.0. The zero-order valence-corrected chi connectivity index (χ0v) is 17.1. The van der Waals surface area contributed by atoms with Crippen molar-refractivity contribution in [3.05, 3.63) is 53.9 Å². The third-order valence-electron chi connectivity index (χ3n) is 3.59. The molecule has 1 aromatic carbocycles. The van der Waals surface area contributed by atoms with Gasteiger partial charge in [0.15, 0.2) is 5.96 Å². The molecule has 2 rings (SSSR count). The molecule has 0 aliphatic rings. The van der Waals surface area contributed by atoms with Crippen LogP contribution in [0.2, 0.25) is 0 Å². The number of ether oxygens (including phenoxy) is 2. The molecule has 0 atom stereocenters. The summed E-state index contributed by atoms with van der Waals surface area (Å²) < 4.78 is 10.6. The molecule has 0 bridgehead atoms. The summed E-state index contributed by atoms with van der Waals surface area (Å²) in [4.78, 5) is 8.35. The SMILES string of the molecule is CN=C(NCCc1cccnc1)NCc1ccc(OC)cc1OC.I. The molecule has 25 heavy (non-hydrogen) atoms. The average Bonchev–Trinajstić information content (AvgIpc) is 2.65. The molecule has 0 fully saturated rings. The molecule has 0 amide bonds. The maximum atomic E-state index is 5.41. The van der Waals surface area contributed by atoms with E-state index in [-0.39, 0.29) is 24.0 Å². The number of nitrogens with one attached hydrogen (secondary N) is 2. The molecule has 1 heterocycles. The standard InChI is InChI=1S/C18H24N4O2.HI/c1-19-18(21-10-8-14-5-4-9-20-12-14)22-13-15-6-7-16(23-2)11-17(15)24-3;/h4-7,9,11-12H,8,10,13H2,1-3H3,(H2,19,21,22);1H. The number of aromatic nitrogens is 1. The molecule has 0 aliphatic heterocycles. The van der Waals surface area contributed by atoms with E-state index in [1.165, 1.54) is 5.56 Å². The topological polar surface area (TPSA) is 67.8 Å². The van der Waals surface area contributed by atoms with Crippen molar-refractivity contribution in [1.82, 2.24) is 15.6 Å². The maximum absolute atomic E-state index is 5.41. The molecular formula is C18H25IN4O2. The number of benzene rings is 1. The smallest absolute Gasteiger partial charge is 0.191 e. The van der Waals surface area contributed by atoms with Crippen LogP contribution in [0.1, 0.15) is 11.1 Å². The van der Waals surface area contributed by atoms with Gasteiger partial charge in [-0.15, -0.1) is 24.0 Å². The van der Waals surface area contributed by atoms with Gasteiger partial charge in [0.1, 0.15) is 11.5 Å². The number of aliphatic imine (C=N–C) groups is 1. The van der Waals surface area contributed by atoms with Crippen LogP contribution < -0.4 is 20.1 Å². The summed E-state index contributed by atoms with van der Waals surface area (Å²) >= 11 is 0. The summed E-state index contributed by atoms with van der Waals surface area (Å²) in [5, 5.41) is 6.58. The minimum absolute atomic E-state index is 0. The van der Waals surface area contributed by atoms with Gasteiger partial charge in [0.25, 0.3) is 0 Å². The van der Waals surface area contributed by atoms with E-state index in [4.69, 9.17) is 9.47 Å². The Bertz CT molecular complexity index is 665. The van der Waals surface area contributed by atoms with E-state index >= 15 is 0 Å². The number of pyridine rings is 1. The van der Waals surface area contributed by atoms with Crippen molar-refractivity contribution in [3.63, 3.8) is 0 Å². The van der Waals surface area contributed by atoms with Crippen molar-refractivity contribution in [2.45, 2.75) is 13.0 Å². The number of nitrogens with zero attached hydrogens (tertiary/aromatic N) is 2. The molecule has 0 saturated heterocycles. The lowest BCUT2D eigenvalue weighted by Crippen LogP contribution is -2.37. The van der Waals surface area contributed by atoms with Gasteiger partial charge in [-0.05, 0) is 30.2 Å². The predicted octanol–water partition coefficient (Wildman–Crippen LogP) is 2.62. The number of rotatable bonds is 7. The van der Waals surface area contributed by atoms with Crippen LogP contribution in [0.3, 0.4) is 0 Å². The molecule has 0 saturated carbocycles. The van der Waals surface area contributed by atoms with Gasteiger partial charge in [0, 0.05) is 44.2 Å². The highest BCUT2D eigenvalue weighted by Crippen LogP contribution is 2.24. The molecule has 0 spiro atoms. The molecule has 0 unspecified atom stereocenters. The Morgan fingerprint density at radius 2 is 2.00 bits per heavy atom. The van der Waals surface area contributed by atoms with Crippen LogP contribution in [-0.2, 0) is 13.0 Å². The molecule has 2 N–H and O–H groups in total. The van der Waals surface area contributed by atoms with Crippen LogP contribution in [0.15, 0.2) is 47.7 Å². The normalized spacial score (nSPS) is 10.6. The lowest BCUT2D eigenvalue weighted by Gasteiger charge is -2.14. The van der Waals surface area contributed by atoms with Crippen molar-refractivity contribution in [3.8, 4) is 11.5 Å². The largest absolute Gasteiger partial charge is 0.497 e. The molecule has 2 aromatic rings. The van der Waals surface area contributed by atoms with Gasteiger partial charge >= 0.3 is 0 Å². The first-order valence-electron chi connectivity index (χ1n) is 7.81. The van der Waals surface area contributed by atoms with Crippen molar-refractivity contribution in [1.29, 1.82) is 0 Å². The van der Waals surface area contributed by atoms with Gasteiger partial charge in [0.05, 0.1) is 14.2 Å². The zero-order chi connectivity index (χ0) is 17.2. The third kappa shape index (κ3) is 6.77. The second-order valence-corrected chi connectivity index (χ2v) is 5.14. The number of guanidine groups is 1. The van der Waals surface area contributed by atoms with Gasteiger partial charge in [-0.25, -0.2) is 0 Å². The zero-order valence-electron chi connectivity index (χ0n) is 14.8. The van der Waals surface area contributed by atoms with Crippen molar-refractivity contribution >= 4 is 29.9 Å². The van der Waals surface area contributed by atoms with Crippen LogP contribution in [0.25, 0.3) is 0 Å². The van der Waals surface area contributed by atoms with Gasteiger partial charge in [-0.1, -0.05) is 6.07 Å². The van der Waals surface area contributed by atoms with Gasteiger partial charge in [0.2, 0.25) is 0 Å². The lowest BCUT2D eigenvalue weighted by atomic mass is 10.2. The fraction of sp³-hybridized carbons (Fsp3) is 0.333. The second kappa shape index (κ2) is 11.5. The number of hydrogen-bond acceptors (Lipinski definition) is 4. The van der Waals surface area contributed by atoms with Gasteiger partial charge in [-0.3, -0.25) is 9.98 Å². The monoisotopic (exact) mass is 456 g/mol. The Kier molecular flexibility index (Phi) is 9.68. The molecule has 136 valence electrons. The van der Waals surface area contributed by atoms with Gasteiger partial charge in [-0.2, -0.15) is 0 Å². The van der Waals surface area contributed by atoms with E-state index in [0.29, 0.717) is 6.54 Å². The van der Waals surface area contributed by atoms with Crippen LogP contribution in [-0.4, -0.2) is 38.8 Å². The minimum Gasteiger partial charge on any atom is -0.497 e. The Balaban J connectivity index is 0.00000312. The summed E-state index contributed by atoms with van der Waals surface area (Å²) in [7, 11) is 5.05. The van der Waals surface area contributed by atoms with E-state index in [0.717, 1.165) is 36.0 Å². The van der Waals surface area contributed by atoms with E-state index in [1.54, 1.807) is 27.5 Å². The Morgan fingerprint density at radius 1 is 1.16 bits per heavy atom. The van der Waals surface area contributed by atoms with Crippen LogP contribution in [0.5, 0.6) is 11.5 Å². The second-order valence-electron chi connectivity index (χ2n) is 5.14. The van der Waals surface area contributed by atoms with E-state index in [9.17, 15) is 0 Å². The predicted molar refractivity (Wildman–Crippen MR) is 111 cm³/mol. The van der Waals surface area contributed by atoms with Crippen molar-refractivity contribution in [2.24, 2.45) is 4.99 Å². The molecule has 7 heteroatoms. The minimum atomic E-state index is 0.